The predicted octanol–water partition coefficient (Wildman–Crippen LogP) is 3.02. The monoisotopic (exact) mass is 342 g/mol. The van der Waals surface area contributed by atoms with Crippen LogP contribution in [0.15, 0.2) is 30.3 Å². The van der Waals surface area contributed by atoms with Gasteiger partial charge < -0.3 is 11.1 Å². The molecule has 0 bridgehead atoms. The zero-order chi connectivity index (χ0) is 15.1. The number of carbonyl (C=O) groups is 1. The number of benzene rings is 1. The van der Waals surface area contributed by atoms with E-state index in [9.17, 15) is 4.79 Å². The topological polar surface area (TPSA) is 55.1 Å². The molecule has 22 heavy (non-hydrogen) atoms. The van der Waals surface area contributed by atoms with Gasteiger partial charge in [0.15, 0.2) is 0 Å². The fourth-order valence-corrected chi connectivity index (χ4v) is 3.39. The summed E-state index contributed by atoms with van der Waals surface area (Å²) in [6, 6.07) is 10.2. The summed E-state index contributed by atoms with van der Waals surface area (Å²) >= 11 is 1.73. The van der Waals surface area contributed by atoms with Gasteiger partial charge in [-0.05, 0) is 48.7 Å². The Hall–Kier alpha value is -0.710. The fourth-order valence-electron chi connectivity index (χ4n) is 2.90. The van der Waals surface area contributed by atoms with Crippen LogP contribution in [0.25, 0.3) is 0 Å². The number of hydrogen-bond donors (Lipinski definition) is 2. The first-order chi connectivity index (χ1) is 10.2. The largest absolute Gasteiger partial charge is 0.354 e. The van der Waals surface area contributed by atoms with E-state index in [0.717, 1.165) is 25.1 Å². The van der Waals surface area contributed by atoms with Gasteiger partial charge in [-0.15, -0.1) is 12.4 Å². The summed E-state index contributed by atoms with van der Waals surface area (Å²) in [5.74, 6) is 0.937. The molecule has 1 amide bonds. The van der Waals surface area contributed by atoms with Gasteiger partial charge in [-0.25, -0.2) is 0 Å². The molecule has 1 aromatic rings. The van der Waals surface area contributed by atoms with Crippen LogP contribution in [0.5, 0.6) is 0 Å². The first kappa shape index (κ1) is 19.3. The van der Waals surface area contributed by atoms with Crippen molar-refractivity contribution in [2.24, 2.45) is 11.1 Å². The van der Waals surface area contributed by atoms with E-state index in [1.165, 1.54) is 24.8 Å². The van der Waals surface area contributed by atoms with E-state index in [-0.39, 0.29) is 29.8 Å². The van der Waals surface area contributed by atoms with Crippen molar-refractivity contribution in [3.8, 4) is 0 Å². The van der Waals surface area contributed by atoms with Gasteiger partial charge in [0.2, 0.25) is 5.91 Å². The molecule has 0 saturated heterocycles. The van der Waals surface area contributed by atoms with E-state index >= 15 is 0 Å². The highest BCUT2D eigenvalue weighted by molar-refractivity contribution is 7.98. The summed E-state index contributed by atoms with van der Waals surface area (Å²) in [6.07, 6.45) is 7.49. The van der Waals surface area contributed by atoms with Gasteiger partial charge >= 0.3 is 0 Å². The Kier molecular flexibility index (Phi) is 8.29. The average Bonchev–Trinajstić information content (AvgIpc) is 2.48. The quantitative estimate of drug-likeness (QED) is 0.763. The van der Waals surface area contributed by atoms with Crippen LogP contribution < -0.4 is 11.1 Å². The van der Waals surface area contributed by atoms with E-state index in [1.54, 1.807) is 11.8 Å². The molecular formula is C17H27ClN2OS. The van der Waals surface area contributed by atoms with Crippen molar-refractivity contribution in [3.63, 3.8) is 0 Å². The zero-order valence-electron chi connectivity index (χ0n) is 13.2. The number of amides is 1. The number of rotatable bonds is 8. The third-order valence-corrected chi connectivity index (χ3v) is 5.09. The Morgan fingerprint density at radius 1 is 1.36 bits per heavy atom. The molecule has 1 aromatic carbocycles. The van der Waals surface area contributed by atoms with Crippen LogP contribution in [-0.2, 0) is 11.2 Å². The van der Waals surface area contributed by atoms with Gasteiger partial charge in [0.25, 0.3) is 0 Å². The van der Waals surface area contributed by atoms with Crippen molar-refractivity contribution in [1.82, 2.24) is 5.32 Å². The highest BCUT2D eigenvalue weighted by Gasteiger charge is 2.37. The maximum atomic E-state index is 12.0. The molecule has 5 heteroatoms. The molecule has 0 heterocycles. The number of thioether (sulfide) groups is 1. The SMILES string of the molecule is CSCC[C@H](N)C(=O)NCC1(Cc2ccccc2)CCC1.Cl. The molecule has 0 unspecified atom stereocenters. The molecule has 1 saturated carbocycles. The summed E-state index contributed by atoms with van der Waals surface area (Å²) in [4.78, 5) is 12.0. The zero-order valence-corrected chi connectivity index (χ0v) is 14.8. The average molecular weight is 343 g/mol. The van der Waals surface area contributed by atoms with Crippen molar-refractivity contribution < 1.29 is 4.79 Å². The summed E-state index contributed by atoms with van der Waals surface area (Å²) < 4.78 is 0. The maximum absolute atomic E-state index is 12.0. The van der Waals surface area contributed by atoms with Gasteiger partial charge in [0.05, 0.1) is 6.04 Å². The van der Waals surface area contributed by atoms with Gasteiger partial charge in [-0.3, -0.25) is 4.79 Å². The number of hydrogen-bond acceptors (Lipinski definition) is 3. The van der Waals surface area contributed by atoms with Crippen LogP contribution in [-0.4, -0.2) is 30.5 Å². The second kappa shape index (κ2) is 9.43. The predicted molar refractivity (Wildman–Crippen MR) is 97.7 cm³/mol. The van der Waals surface area contributed by atoms with Crippen LogP contribution in [0.2, 0.25) is 0 Å². The Morgan fingerprint density at radius 3 is 2.59 bits per heavy atom. The van der Waals surface area contributed by atoms with Crippen LogP contribution in [0, 0.1) is 5.41 Å². The normalized spacial score (nSPS) is 17.0. The molecule has 2 rings (SSSR count). The molecule has 1 aliphatic carbocycles. The molecule has 124 valence electrons. The first-order valence-corrected chi connectivity index (χ1v) is 9.11. The molecule has 0 radical (unpaired) electrons. The summed E-state index contributed by atoms with van der Waals surface area (Å²) in [6.45, 7) is 0.758. The molecule has 0 aromatic heterocycles. The highest BCUT2D eigenvalue weighted by Crippen LogP contribution is 2.43. The molecule has 0 spiro atoms. The Morgan fingerprint density at radius 2 is 2.05 bits per heavy atom. The molecule has 1 aliphatic rings. The van der Waals surface area contributed by atoms with Crippen molar-refractivity contribution in [2.45, 2.75) is 38.1 Å². The van der Waals surface area contributed by atoms with E-state index < -0.39 is 0 Å². The van der Waals surface area contributed by atoms with Crippen LogP contribution >= 0.6 is 24.2 Å². The third-order valence-electron chi connectivity index (χ3n) is 4.44. The van der Waals surface area contributed by atoms with Crippen molar-refractivity contribution >= 4 is 30.1 Å². The number of nitrogens with one attached hydrogen (secondary N) is 1. The van der Waals surface area contributed by atoms with Gasteiger partial charge in [-0.2, -0.15) is 11.8 Å². The molecule has 3 nitrogen and oxygen atoms in total. The summed E-state index contributed by atoms with van der Waals surface area (Å²) in [7, 11) is 0. The first-order valence-electron chi connectivity index (χ1n) is 7.71. The second-order valence-corrected chi connectivity index (χ2v) is 7.11. The third kappa shape index (κ3) is 5.49. The summed E-state index contributed by atoms with van der Waals surface area (Å²) in [5, 5.41) is 3.08. The van der Waals surface area contributed by atoms with Crippen LogP contribution in [0.3, 0.4) is 0 Å². The lowest BCUT2D eigenvalue weighted by atomic mass is 9.65. The van der Waals surface area contributed by atoms with Crippen molar-refractivity contribution in [3.05, 3.63) is 35.9 Å². The maximum Gasteiger partial charge on any atom is 0.236 e. The minimum Gasteiger partial charge on any atom is -0.354 e. The Labute approximate surface area is 144 Å². The van der Waals surface area contributed by atoms with E-state index in [0.29, 0.717) is 0 Å². The van der Waals surface area contributed by atoms with E-state index in [1.807, 2.05) is 12.3 Å². The highest BCUT2D eigenvalue weighted by atomic mass is 35.5. The lowest BCUT2D eigenvalue weighted by Gasteiger charge is -2.42. The lowest BCUT2D eigenvalue weighted by molar-refractivity contribution is -0.123. The minimum atomic E-state index is -0.369. The minimum absolute atomic E-state index is 0. The smallest absolute Gasteiger partial charge is 0.236 e. The van der Waals surface area contributed by atoms with Gasteiger partial charge in [-0.1, -0.05) is 36.8 Å². The second-order valence-electron chi connectivity index (χ2n) is 6.12. The van der Waals surface area contributed by atoms with Crippen LogP contribution in [0.1, 0.15) is 31.2 Å². The molecule has 1 atom stereocenters. The molecule has 0 aliphatic heterocycles. The van der Waals surface area contributed by atoms with Crippen LogP contribution in [0.4, 0.5) is 0 Å². The number of carbonyl (C=O) groups excluding carboxylic acids is 1. The lowest BCUT2D eigenvalue weighted by Crippen LogP contribution is -2.48. The van der Waals surface area contributed by atoms with Gasteiger partial charge in [0.1, 0.15) is 0 Å². The molecule has 1 fully saturated rings. The fraction of sp³-hybridized carbons (Fsp3) is 0.588. The van der Waals surface area contributed by atoms with E-state index in [4.69, 9.17) is 5.73 Å². The van der Waals surface area contributed by atoms with Gasteiger partial charge in [0, 0.05) is 6.54 Å². The standard InChI is InChI=1S/C17H26N2OS.ClH/c1-21-11-8-15(18)16(20)19-13-17(9-5-10-17)12-14-6-3-2-4-7-14;/h2-4,6-7,15H,5,8-13,18H2,1H3,(H,19,20);1H/t15-;/m0./s1. The van der Waals surface area contributed by atoms with Crippen molar-refractivity contribution in [2.75, 3.05) is 18.6 Å². The molecule has 3 N–H and O–H groups in total. The number of nitrogens with two attached hydrogens (primary N) is 1. The van der Waals surface area contributed by atoms with E-state index in [2.05, 4.69) is 29.6 Å². The Balaban J connectivity index is 0.00000242. The van der Waals surface area contributed by atoms with Crippen molar-refractivity contribution in [1.29, 1.82) is 0 Å². The Bertz CT molecular complexity index is 451. The molecular weight excluding hydrogens is 316 g/mol. The summed E-state index contributed by atoms with van der Waals surface area (Å²) in [5.41, 5.74) is 7.52. The number of halogens is 1.